The average molecular weight is 417 g/mol. The van der Waals surface area contributed by atoms with Crippen molar-refractivity contribution >= 4 is 34.4 Å². The Morgan fingerprint density at radius 2 is 1.89 bits per heavy atom. The number of piperidine rings is 1. The molecule has 1 aromatic carbocycles. The van der Waals surface area contributed by atoms with E-state index in [1.165, 1.54) is 54.9 Å². The largest absolute Gasteiger partial charge is 0.344 e. The van der Waals surface area contributed by atoms with Gasteiger partial charge in [0.15, 0.2) is 5.11 Å². The Hall–Kier alpha value is -1.43. The first-order chi connectivity index (χ1) is 13.5. The van der Waals surface area contributed by atoms with Gasteiger partial charge in [-0.3, -0.25) is 0 Å². The molecule has 0 unspecified atom stereocenters. The number of aryl methyl sites for hydroxylation is 2. The van der Waals surface area contributed by atoms with E-state index < -0.39 is 0 Å². The van der Waals surface area contributed by atoms with Gasteiger partial charge in [0.25, 0.3) is 0 Å². The summed E-state index contributed by atoms with van der Waals surface area (Å²) in [5.41, 5.74) is 3.63. The van der Waals surface area contributed by atoms with Crippen molar-refractivity contribution in [3.05, 3.63) is 51.7 Å². The summed E-state index contributed by atoms with van der Waals surface area (Å²) in [5, 5.41) is 6.53. The molecule has 2 N–H and O–H groups in total. The van der Waals surface area contributed by atoms with Crippen molar-refractivity contribution in [1.82, 2.24) is 4.90 Å². The molecule has 152 valence electrons. The molecule has 0 spiro atoms. The zero-order valence-corrected chi connectivity index (χ0v) is 19.1. The SMILES string of the molecule is Cc1cccc(C)c1NC(=S)N(CCC[NH+]1CCC(C)CC1)Cc1cccs1. The van der Waals surface area contributed by atoms with Crippen LogP contribution >= 0.6 is 23.6 Å². The van der Waals surface area contributed by atoms with E-state index in [9.17, 15) is 0 Å². The van der Waals surface area contributed by atoms with E-state index >= 15 is 0 Å². The first-order valence-corrected chi connectivity index (χ1v) is 11.8. The van der Waals surface area contributed by atoms with E-state index in [1.807, 2.05) is 11.3 Å². The number of likely N-dealkylation sites (tertiary alicyclic amines) is 1. The van der Waals surface area contributed by atoms with Crippen molar-refractivity contribution in [2.24, 2.45) is 5.92 Å². The van der Waals surface area contributed by atoms with Gasteiger partial charge >= 0.3 is 0 Å². The highest BCUT2D eigenvalue weighted by molar-refractivity contribution is 7.80. The molecule has 0 saturated carbocycles. The zero-order chi connectivity index (χ0) is 19.9. The molecule has 28 heavy (non-hydrogen) atoms. The standard InChI is InChI=1S/C23H33N3S2/c1-18-10-14-25(15-11-18)12-6-13-26(17-21-9-5-16-28-21)23(27)24-22-19(2)7-4-8-20(22)3/h4-5,7-9,16,18H,6,10-15,17H2,1-3H3,(H,24,27)/p+1. The minimum absolute atomic E-state index is 0.841. The number of thiocarbonyl (C=S) groups is 1. The van der Waals surface area contributed by atoms with E-state index in [0.29, 0.717) is 0 Å². The number of hydrogen-bond acceptors (Lipinski definition) is 2. The van der Waals surface area contributed by atoms with Gasteiger partial charge in [-0.25, -0.2) is 0 Å². The number of nitrogens with one attached hydrogen (secondary N) is 2. The third-order valence-corrected chi connectivity index (χ3v) is 7.09. The quantitative estimate of drug-likeness (QED) is 0.658. The second-order valence-corrected chi connectivity index (χ2v) is 9.65. The summed E-state index contributed by atoms with van der Waals surface area (Å²) in [6, 6.07) is 10.7. The lowest BCUT2D eigenvalue weighted by atomic mass is 9.99. The van der Waals surface area contributed by atoms with Crippen LogP contribution in [0.4, 0.5) is 5.69 Å². The van der Waals surface area contributed by atoms with Crippen molar-refractivity contribution in [1.29, 1.82) is 0 Å². The Morgan fingerprint density at radius 1 is 1.18 bits per heavy atom. The lowest BCUT2D eigenvalue weighted by molar-refractivity contribution is -0.906. The molecule has 0 atom stereocenters. The van der Waals surface area contributed by atoms with Crippen LogP contribution in [0.3, 0.4) is 0 Å². The fraction of sp³-hybridized carbons (Fsp3) is 0.522. The maximum Gasteiger partial charge on any atom is 0.173 e. The van der Waals surface area contributed by atoms with E-state index in [1.54, 1.807) is 4.90 Å². The second kappa shape index (κ2) is 10.4. The molecule has 1 aliphatic rings. The van der Waals surface area contributed by atoms with Crippen LogP contribution in [-0.2, 0) is 6.54 Å². The van der Waals surface area contributed by atoms with Gasteiger partial charge in [-0.1, -0.05) is 31.2 Å². The van der Waals surface area contributed by atoms with Crippen LogP contribution in [0.1, 0.15) is 42.2 Å². The Morgan fingerprint density at radius 3 is 2.54 bits per heavy atom. The minimum Gasteiger partial charge on any atom is -0.344 e. The van der Waals surface area contributed by atoms with Crippen molar-refractivity contribution in [3.63, 3.8) is 0 Å². The normalized spacial score (nSPS) is 19.4. The highest BCUT2D eigenvalue weighted by Crippen LogP contribution is 2.21. The minimum atomic E-state index is 0.841. The second-order valence-electron chi connectivity index (χ2n) is 8.23. The molecule has 2 heterocycles. The number of thiophene rings is 1. The summed E-state index contributed by atoms with van der Waals surface area (Å²) in [6.07, 6.45) is 3.94. The van der Waals surface area contributed by atoms with Crippen LogP contribution in [0, 0.1) is 19.8 Å². The highest BCUT2D eigenvalue weighted by atomic mass is 32.1. The summed E-state index contributed by atoms with van der Waals surface area (Å²) in [4.78, 5) is 5.48. The molecule has 1 saturated heterocycles. The number of benzene rings is 1. The molecule has 0 bridgehead atoms. The maximum absolute atomic E-state index is 5.85. The van der Waals surface area contributed by atoms with E-state index in [2.05, 4.69) is 66.7 Å². The van der Waals surface area contributed by atoms with Crippen LogP contribution in [0.2, 0.25) is 0 Å². The van der Waals surface area contributed by atoms with Crippen molar-refractivity contribution < 1.29 is 4.90 Å². The Labute approximate surface area is 179 Å². The third kappa shape index (κ3) is 6.03. The van der Waals surface area contributed by atoms with Gasteiger partial charge in [-0.2, -0.15) is 0 Å². The summed E-state index contributed by atoms with van der Waals surface area (Å²) < 4.78 is 0. The topological polar surface area (TPSA) is 19.7 Å². The van der Waals surface area contributed by atoms with Gasteiger partial charge < -0.3 is 15.1 Å². The first-order valence-electron chi connectivity index (χ1n) is 10.5. The van der Waals surface area contributed by atoms with Gasteiger partial charge in [0.1, 0.15) is 0 Å². The molecule has 1 fully saturated rings. The average Bonchev–Trinajstić information content (AvgIpc) is 3.18. The number of anilines is 1. The molecule has 0 radical (unpaired) electrons. The highest BCUT2D eigenvalue weighted by Gasteiger charge is 2.19. The number of rotatable bonds is 7. The zero-order valence-electron chi connectivity index (χ0n) is 17.5. The number of nitrogens with zero attached hydrogens (tertiary/aromatic N) is 1. The fourth-order valence-electron chi connectivity index (χ4n) is 3.98. The van der Waals surface area contributed by atoms with Crippen LogP contribution in [0.5, 0.6) is 0 Å². The van der Waals surface area contributed by atoms with Gasteiger partial charge in [0.05, 0.1) is 26.2 Å². The Balaban J connectivity index is 1.60. The molecule has 1 aliphatic heterocycles. The predicted octanol–water partition coefficient (Wildman–Crippen LogP) is 4.27. The number of hydrogen-bond donors (Lipinski definition) is 2. The molecular formula is C23H34N3S2+. The third-order valence-electron chi connectivity index (χ3n) is 5.87. The molecule has 2 aromatic rings. The van der Waals surface area contributed by atoms with Crippen molar-refractivity contribution in [2.75, 3.05) is 31.5 Å². The van der Waals surface area contributed by atoms with Gasteiger partial charge in [0.2, 0.25) is 0 Å². The van der Waals surface area contributed by atoms with Crippen molar-refractivity contribution in [2.45, 2.75) is 46.6 Å². The maximum atomic E-state index is 5.85. The molecule has 3 nitrogen and oxygen atoms in total. The van der Waals surface area contributed by atoms with E-state index in [0.717, 1.165) is 29.8 Å². The summed E-state index contributed by atoms with van der Waals surface area (Å²) in [7, 11) is 0. The smallest absolute Gasteiger partial charge is 0.173 e. The van der Waals surface area contributed by atoms with Crippen molar-refractivity contribution in [3.8, 4) is 0 Å². The molecule has 0 amide bonds. The van der Waals surface area contributed by atoms with Crippen LogP contribution in [0.15, 0.2) is 35.7 Å². The van der Waals surface area contributed by atoms with E-state index in [4.69, 9.17) is 12.2 Å². The lowest BCUT2D eigenvalue weighted by Crippen LogP contribution is -3.13. The fourth-order valence-corrected chi connectivity index (χ4v) is 4.96. The summed E-state index contributed by atoms with van der Waals surface area (Å²) in [5.74, 6) is 0.910. The summed E-state index contributed by atoms with van der Waals surface area (Å²) in [6.45, 7) is 12.5. The van der Waals surface area contributed by atoms with Gasteiger partial charge in [-0.05, 0) is 67.4 Å². The predicted molar refractivity (Wildman–Crippen MR) is 125 cm³/mol. The van der Waals surface area contributed by atoms with Gasteiger partial charge in [-0.15, -0.1) is 11.3 Å². The summed E-state index contributed by atoms with van der Waals surface area (Å²) >= 11 is 7.66. The van der Waals surface area contributed by atoms with Crippen LogP contribution in [0.25, 0.3) is 0 Å². The molecule has 0 aliphatic carbocycles. The molecular weight excluding hydrogens is 382 g/mol. The molecule has 3 rings (SSSR count). The molecule has 1 aromatic heterocycles. The number of quaternary nitrogens is 1. The Kier molecular flexibility index (Phi) is 7.89. The first kappa shape index (κ1) is 21.3. The monoisotopic (exact) mass is 416 g/mol. The lowest BCUT2D eigenvalue weighted by Gasteiger charge is -2.30. The van der Waals surface area contributed by atoms with E-state index in [-0.39, 0.29) is 0 Å². The van der Waals surface area contributed by atoms with Gasteiger partial charge in [0, 0.05) is 23.5 Å². The van der Waals surface area contributed by atoms with Crippen LogP contribution < -0.4 is 10.2 Å². The van der Waals surface area contributed by atoms with Crippen LogP contribution in [-0.4, -0.2) is 36.2 Å². The Bertz CT molecular complexity index is 729. The molecule has 5 heteroatoms. The number of para-hydroxylation sites is 1.